The highest BCUT2D eigenvalue weighted by Crippen LogP contribution is 2.19. The van der Waals surface area contributed by atoms with Crippen molar-refractivity contribution in [1.82, 2.24) is 0 Å². The number of hydrogen-bond donors (Lipinski definition) is 1. The summed E-state index contributed by atoms with van der Waals surface area (Å²) in [5.74, 6) is 0.646. The summed E-state index contributed by atoms with van der Waals surface area (Å²) in [7, 11) is 0. The third kappa shape index (κ3) is 5.36. The molecule has 0 saturated carbocycles. The second kappa shape index (κ2) is 6.91. The van der Waals surface area contributed by atoms with E-state index in [0.717, 1.165) is 12.4 Å². The van der Waals surface area contributed by atoms with Crippen molar-refractivity contribution in [1.29, 1.82) is 0 Å². The van der Waals surface area contributed by atoms with E-state index in [-0.39, 0.29) is 12.4 Å². The van der Waals surface area contributed by atoms with Crippen LogP contribution in [-0.2, 0) is 16.1 Å². The van der Waals surface area contributed by atoms with Gasteiger partial charge in [0.25, 0.3) is 0 Å². The highest BCUT2D eigenvalue weighted by atomic mass is 16.5. The molecular formula is C13H18O4. The van der Waals surface area contributed by atoms with Gasteiger partial charge >= 0.3 is 5.97 Å². The molecule has 4 heteroatoms. The smallest absolute Gasteiger partial charge is 0.308 e. The SMILES string of the molecule is CCOC(=O)CC(C)O.c1cc2ccc1CO2. The number of fused-ring (bicyclic) bond motifs is 3. The molecule has 1 N–H and O–H groups in total. The Balaban J connectivity index is 0.000000170. The Morgan fingerprint density at radius 1 is 1.47 bits per heavy atom. The van der Waals surface area contributed by atoms with E-state index in [1.165, 1.54) is 5.56 Å². The first kappa shape index (κ1) is 13.5. The number of aliphatic hydroxyl groups is 1. The van der Waals surface area contributed by atoms with Gasteiger partial charge < -0.3 is 14.6 Å². The number of rotatable bonds is 3. The van der Waals surface area contributed by atoms with Gasteiger partial charge in [0, 0.05) is 0 Å². The molecule has 0 radical (unpaired) electrons. The van der Waals surface area contributed by atoms with Crippen molar-refractivity contribution < 1.29 is 19.4 Å². The van der Waals surface area contributed by atoms with Gasteiger partial charge in [0.05, 0.1) is 19.1 Å². The monoisotopic (exact) mass is 238 g/mol. The summed E-state index contributed by atoms with van der Waals surface area (Å²) >= 11 is 0. The number of benzene rings is 1. The van der Waals surface area contributed by atoms with Crippen LogP contribution in [0.3, 0.4) is 0 Å². The van der Waals surface area contributed by atoms with Crippen LogP contribution in [0.4, 0.5) is 0 Å². The molecule has 2 aliphatic heterocycles. The number of hydrogen-bond acceptors (Lipinski definition) is 4. The number of carbonyl (C=O) groups is 1. The van der Waals surface area contributed by atoms with Crippen molar-refractivity contribution in [3.63, 3.8) is 0 Å². The van der Waals surface area contributed by atoms with Gasteiger partial charge in [-0.05, 0) is 31.5 Å². The molecule has 2 aliphatic rings. The standard InChI is InChI=1S/C7H6O.C6H12O3/c1-3-7-4-2-6(1)5-8-7;1-3-9-6(8)4-5(2)7/h1-4H,5H2;5,7H,3-4H2,1-2H3. The summed E-state index contributed by atoms with van der Waals surface area (Å²) < 4.78 is 9.74. The molecule has 0 spiro atoms. The van der Waals surface area contributed by atoms with Gasteiger partial charge in [-0.1, -0.05) is 12.1 Å². The van der Waals surface area contributed by atoms with Crippen LogP contribution in [-0.4, -0.2) is 23.8 Å². The zero-order chi connectivity index (χ0) is 12.7. The van der Waals surface area contributed by atoms with E-state index in [1.54, 1.807) is 13.8 Å². The van der Waals surface area contributed by atoms with Crippen molar-refractivity contribution in [2.24, 2.45) is 0 Å². The Hall–Kier alpha value is -1.55. The van der Waals surface area contributed by atoms with Crippen molar-refractivity contribution >= 4 is 5.97 Å². The summed E-state index contributed by atoms with van der Waals surface area (Å²) in [6.45, 7) is 4.44. The van der Waals surface area contributed by atoms with Gasteiger partial charge in [-0.2, -0.15) is 0 Å². The summed E-state index contributed by atoms with van der Waals surface area (Å²) in [6, 6.07) is 8.13. The minimum Gasteiger partial charge on any atom is -0.489 e. The highest BCUT2D eigenvalue weighted by molar-refractivity contribution is 5.69. The summed E-state index contributed by atoms with van der Waals surface area (Å²) in [5, 5.41) is 8.65. The van der Waals surface area contributed by atoms with E-state index in [2.05, 4.69) is 16.9 Å². The van der Waals surface area contributed by atoms with Crippen LogP contribution in [0.2, 0.25) is 0 Å². The van der Waals surface area contributed by atoms with Gasteiger partial charge in [0.2, 0.25) is 0 Å². The fourth-order valence-corrected chi connectivity index (χ4v) is 1.31. The summed E-state index contributed by atoms with van der Waals surface area (Å²) in [4.78, 5) is 10.5. The number of aliphatic hydroxyl groups excluding tert-OH is 1. The Morgan fingerprint density at radius 3 is 2.35 bits per heavy atom. The van der Waals surface area contributed by atoms with E-state index in [4.69, 9.17) is 9.84 Å². The zero-order valence-electron chi connectivity index (χ0n) is 10.2. The average Bonchev–Trinajstić information content (AvgIpc) is 2.31. The predicted octanol–water partition coefficient (Wildman–Crippen LogP) is 1.90. The molecule has 2 heterocycles. The van der Waals surface area contributed by atoms with E-state index in [1.807, 2.05) is 12.1 Å². The molecule has 1 aromatic rings. The van der Waals surface area contributed by atoms with Gasteiger partial charge in [0.1, 0.15) is 12.4 Å². The van der Waals surface area contributed by atoms with E-state index in [0.29, 0.717) is 6.61 Å². The van der Waals surface area contributed by atoms with Crippen LogP contribution in [0, 0.1) is 0 Å². The largest absolute Gasteiger partial charge is 0.489 e. The molecule has 1 unspecified atom stereocenters. The first-order chi connectivity index (χ1) is 8.11. The lowest BCUT2D eigenvalue weighted by Gasteiger charge is -2.11. The zero-order valence-corrected chi connectivity index (χ0v) is 10.2. The van der Waals surface area contributed by atoms with Gasteiger partial charge in [0.15, 0.2) is 0 Å². The van der Waals surface area contributed by atoms with Crippen LogP contribution in [0.25, 0.3) is 0 Å². The third-order valence-corrected chi connectivity index (χ3v) is 2.10. The maximum atomic E-state index is 10.5. The topological polar surface area (TPSA) is 55.8 Å². The lowest BCUT2D eigenvalue weighted by atomic mass is 10.2. The predicted molar refractivity (Wildman–Crippen MR) is 63.7 cm³/mol. The maximum absolute atomic E-state index is 10.5. The Bertz CT molecular complexity index is 320. The van der Waals surface area contributed by atoms with Crippen LogP contribution in [0.5, 0.6) is 5.75 Å². The molecule has 0 aliphatic carbocycles. The summed E-state index contributed by atoms with van der Waals surface area (Å²) in [6.07, 6.45) is -0.502. The molecule has 3 rings (SSSR count). The van der Waals surface area contributed by atoms with E-state index < -0.39 is 6.10 Å². The molecule has 4 nitrogen and oxygen atoms in total. The van der Waals surface area contributed by atoms with Crippen LogP contribution >= 0.6 is 0 Å². The second-order valence-electron chi connectivity index (χ2n) is 3.79. The lowest BCUT2D eigenvalue weighted by Crippen LogP contribution is -2.11. The molecule has 2 bridgehead atoms. The van der Waals surface area contributed by atoms with Crippen LogP contribution in [0.1, 0.15) is 25.8 Å². The molecule has 1 atom stereocenters. The fraction of sp³-hybridized carbons (Fsp3) is 0.462. The Kier molecular flexibility index (Phi) is 5.49. The number of carbonyl (C=O) groups excluding carboxylic acids is 1. The number of ether oxygens (including phenoxy) is 2. The Labute approximate surface area is 101 Å². The molecule has 1 aromatic carbocycles. The summed E-state index contributed by atoms with van der Waals surface area (Å²) in [5.41, 5.74) is 1.26. The molecular weight excluding hydrogens is 220 g/mol. The van der Waals surface area contributed by atoms with Crippen molar-refractivity contribution in [2.75, 3.05) is 6.61 Å². The molecule has 94 valence electrons. The maximum Gasteiger partial charge on any atom is 0.308 e. The first-order valence-electron chi connectivity index (χ1n) is 5.67. The first-order valence-corrected chi connectivity index (χ1v) is 5.67. The highest BCUT2D eigenvalue weighted by Gasteiger charge is 2.04. The second-order valence-corrected chi connectivity index (χ2v) is 3.79. The third-order valence-electron chi connectivity index (χ3n) is 2.10. The molecule has 0 fully saturated rings. The fourth-order valence-electron chi connectivity index (χ4n) is 1.31. The number of esters is 1. The minimum atomic E-state index is -0.593. The quantitative estimate of drug-likeness (QED) is 0.817. The molecule has 0 aromatic heterocycles. The van der Waals surface area contributed by atoms with Gasteiger partial charge in [-0.3, -0.25) is 4.79 Å². The minimum absolute atomic E-state index is 0.0911. The van der Waals surface area contributed by atoms with E-state index in [9.17, 15) is 4.79 Å². The van der Waals surface area contributed by atoms with Crippen molar-refractivity contribution in [3.05, 3.63) is 29.8 Å². The van der Waals surface area contributed by atoms with Crippen LogP contribution in [0.15, 0.2) is 24.3 Å². The molecule has 0 saturated heterocycles. The molecule has 0 amide bonds. The van der Waals surface area contributed by atoms with Gasteiger partial charge in [-0.15, -0.1) is 0 Å². The normalized spacial score (nSPS) is 13.1. The van der Waals surface area contributed by atoms with Crippen molar-refractivity contribution in [2.45, 2.75) is 33.0 Å². The Morgan fingerprint density at radius 2 is 2.12 bits per heavy atom. The van der Waals surface area contributed by atoms with Crippen LogP contribution < -0.4 is 4.74 Å². The van der Waals surface area contributed by atoms with Gasteiger partial charge in [-0.25, -0.2) is 0 Å². The lowest BCUT2D eigenvalue weighted by molar-refractivity contribution is -0.145. The van der Waals surface area contributed by atoms with Crippen molar-refractivity contribution in [3.8, 4) is 5.75 Å². The molecule has 17 heavy (non-hydrogen) atoms. The van der Waals surface area contributed by atoms with E-state index >= 15 is 0 Å². The average molecular weight is 238 g/mol.